The summed E-state index contributed by atoms with van der Waals surface area (Å²) in [6, 6.07) is 9.70. The average Bonchev–Trinajstić information content (AvgIpc) is 2.42. The maximum atomic E-state index is 9.67. The molecule has 0 spiro atoms. The zero-order valence-electron chi connectivity index (χ0n) is 10.1. The van der Waals surface area contributed by atoms with E-state index in [0.717, 1.165) is 5.56 Å². The van der Waals surface area contributed by atoms with E-state index in [1.807, 2.05) is 30.3 Å². The smallest absolute Gasteiger partial charge is 0.348 e. The molecule has 1 N–H and O–H groups in total. The fourth-order valence-corrected chi connectivity index (χ4v) is 1.49. The Balaban J connectivity index is 2.20. The third-order valence-electron chi connectivity index (χ3n) is 2.45. The summed E-state index contributed by atoms with van der Waals surface area (Å²) in [6.07, 6.45) is 6.71. The predicted molar refractivity (Wildman–Crippen MR) is 72.6 cm³/mol. The minimum atomic E-state index is 0.193. The lowest BCUT2D eigenvalue weighted by Crippen LogP contribution is -2.02. The second-order valence-electron chi connectivity index (χ2n) is 3.70. The minimum Gasteiger partial charge on any atom is -0.497 e. The van der Waals surface area contributed by atoms with Crippen LogP contribution < -0.4 is 0 Å². The van der Waals surface area contributed by atoms with Gasteiger partial charge in [-0.3, -0.25) is 4.79 Å². The van der Waals surface area contributed by atoms with Crippen molar-refractivity contribution in [2.75, 3.05) is 7.11 Å². The molecule has 2 rings (SSSR count). The number of hydrogen-bond acceptors (Lipinski definition) is 1. The van der Waals surface area contributed by atoms with Crippen molar-refractivity contribution < 1.29 is 9.53 Å². The highest BCUT2D eigenvalue weighted by atomic mass is 16.5. The highest BCUT2D eigenvalue weighted by Gasteiger charge is 2.15. The number of benzene rings is 1. The number of rotatable bonds is 1. The predicted octanol–water partition coefficient (Wildman–Crippen LogP) is 2.61. The molecule has 2 nitrogen and oxygen atoms in total. The van der Waals surface area contributed by atoms with Crippen molar-refractivity contribution in [3.63, 3.8) is 0 Å². The van der Waals surface area contributed by atoms with Gasteiger partial charge >= 0.3 is 5.78 Å². The van der Waals surface area contributed by atoms with Gasteiger partial charge in [0.15, 0.2) is 0 Å². The van der Waals surface area contributed by atoms with Gasteiger partial charge in [-0.05, 0) is 24.3 Å². The van der Waals surface area contributed by atoms with Crippen molar-refractivity contribution in [1.29, 1.82) is 0 Å². The number of allylic oxidation sites excluding steroid dienone is 5. The number of methoxy groups -OCH3 is 1. The van der Waals surface area contributed by atoms with E-state index in [2.05, 4.69) is 11.8 Å². The van der Waals surface area contributed by atoms with Crippen molar-refractivity contribution in [3.05, 3.63) is 71.5 Å². The molecule has 0 unspecified atom stereocenters. The standard InChI is InChI=1S/C16H12O2/c1-18-15-10-11-16(17)14(12-15)9-5-8-13-6-3-2-4-7-13/h2-4,6-7,9-12H,1H3/p+1/b14-9-. The molecule has 88 valence electrons. The number of carbonyl (C=O) groups excluding carboxylic acids is 1. The Hall–Kier alpha value is -2.53. The molecule has 18 heavy (non-hydrogen) atoms. The summed E-state index contributed by atoms with van der Waals surface area (Å²) in [6.45, 7) is 0. The molecule has 1 aliphatic carbocycles. The van der Waals surface area contributed by atoms with E-state index in [9.17, 15) is 4.79 Å². The van der Waals surface area contributed by atoms with Crippen LogP contribution in [-0.4, -0.2) is 17.7 Å². The molecule has 0 radical (unpaired) electrons. The Morgan fingerprint density at radius 2 is 1.94 bits per heavy atom. The molecule has 0 aliphatic heterocycles. The summed E-state index contributed by atoms with van der Waals surface area (Å²) in [4.78, 5) is 9.67. The second kappa shape index (κ2) is 5.70. The number of ether oxygens (including phenoxy) is 1. The van der Waals surface area contributed by atoms with E-state index in [4.69, 9.17) is 4.74 Å². The topological polar surface area (TPSA) is 30.6 Å². The maximum absolute atomic E-state index is 9.67. The van der Waals surface area contributed by atoms with Crippen LogP contribution >= 0.6 is 0 Å². The molecule has 0 saturated heterocycles. The fraction of sp³-hybridized carbons (Fsp3) is 0.0625. The minimum absolute atomic E-state index is 0.193. The lowest BCUT2D eigenvalue weighted by molar-refractivity contribution is 0.306. The summed E-state index contributed by atoms with van der Waals surface area (Å²) < 4.78 is 5.10. The lowest BCUT2D eigenvalue weighted by atomic mass is 10.1. The Labute approximate surface area is 106 Å². The van der Waals surface area contributed by atoms with Crippen LogP contribution in [0.25, 0.3) is 0 Å². The second-order valence-corrected chi connectivity index (χ2v) is 3.70. The molecule has 0 amide bonds. The molecule has 0 aromatic heterocycles. The van der Waals surface area contributed by atoms with E-state index in [1.54, 1.807) is 31.4 Å². The van der Waals surface area contributed by atoms with E-state index in [1.165, 1.54) is 0 Å². The van der Waals surface area contributed by atoms with Crippen molar-refractivity contribution >= 4 is 5.78 Å². The quantitative estimate of drug-likeness (QED) is 0.419. The number of hydrogen-bond donors (Lipinski definition) is 0. The first kappa shape index (κ1) is 11.9. The van der Waals surface area contributed by atoms with Crippen LogP contribution in [0.4, 0.5) is 0 Å². The Kier molecular flexibility index (Phi) is 3.78. The molecule has 0 heterocycles. The van der Waals surface area contributed by atoms with Crippen LogP contribution in [0.3, 0.4) is 0 Å². The van der Waals surface area contributed by atoms with E-state index >= 15 is 0 Å². The van der Waals surface area contributed by atoms with Crippen LogP contribution in [0.1, 0.15) is 5.56 Å². The fourth-order valence-electron chi connectivity index (χ4n) is 1.49. The highest BCUT2D eigenvalue weighted by Crippen LogP contribution is 2.12. The van der Waals surface area contributed by atoms with Crippen molar-refractivity contribution in [3.8, 4) is 11.8 Å². The van der Waals surface area contributed by atoms with Crippen LogP contribution in [0.15, 0.2) is 66.0 Å². The monoisotopic (exact) mass is 237 g/mol. The van der Waals surface area contributed by atoms with Crippen LogP contribution in [0, 0.1) is 11.8 Å². The summed E-state index contributed by atoms with van der Waals surface area (Å²) in [5.41, 5.74) is 1.59. The molecule has 0 fully saturated rings. The zero-order chi connectivity index (χ0) is 12.8. The van der Waals surface area contributed by atoms with Crippen LogP contribution in [0.2, 0.25) is 0 Å². The van der Waals surface area contributed by atoms with Gasteiger partial charge in [0.25, 0.3) is 0 Å². The van der Waals surface area contributed by atoms with Gasteiger partial charge in [0.1, 0.15) is 5.76 Å². The van der Waals surface area contributed by atoms with Gasteiger partial charge in [-0.25, -0.2) is 0 Å². The Bertz CT molecular complexity index is 593. The van der Waals surface area contributed by atoms with Gasteiger partial charge in [-0.2, -0.15) is 0 Å². The maximum Gasteiger partial charge on any atom is 0.348 e. The largest absolute Gasteiger partial charge is 0.497 e. The molecule has 2 heteroatoms. The van der Waals surface area contributed by atoms with E-state index in [-0.39, 0.29) is 5.78 Å². The molecule has 1 aliphatic rings. The third-order valence-corrected chi connectivity index (χ3v) is 2.45. The first-order valence-corrected chi connectivity index (χ1v) is 5.56. The van der Waals surface area contributed by atoms with Crippen molar-refractivity contribution in [1.82, 2.24) is 0 Å². The first-order chi connectivity index (χ1) is 8.79. The summed E-state index contributed by atoms with van der Waals surface area (Å²) in [7, 11) is 1.59. The van der Waals surface area contributed by atoms with E-state index in [0.29, 0.717) is 11.3 Å². The summed E-state index contributed by atoms with van der Waals surface area (Å²) in [5.74, 6) is 6.81. The van der Waals surface area contributed by atoms with Gasteiger partial charge in [-0.15, -0.1) is 0 Å². The Morgan fingerprint density at radius 3 is 2.67 bits per heavy atom. The molecular weight excluding hydrogens is 224 g/mol. The van der Waals surface area contributed by atoms with Gasteiger partial charge in [0.2, 0.25) is 0 Å². The molecule has 1 aromatic carbocycles. The molecule has 1 aromatic rings. The van der Waals surface area contributed by atoms with Gasteiger partial charge < -0.3 is 4.74 Å². The average molecular weight is 237 g/mol. The SMILES string of the molecule is COC1=C/C(=C/C#Cc2ccccc2)C(=[OH+])C=C1. The lowest BCUT2D eigenvalue weighted by Gasteiger charge is -2.02. The Morgan fingerprint density at radius 1 is 1.17 bits per heavy atom. The van der Waals surface area contributed by atoms with Crippen LogP contribution in [0.5, 0.6) is 0 Å². The van der Waals surface area contributed by atoms with Crippen LogP contribution in [-0.2, 0) is 4.74 Å². The zero-order valence-corrected chi connectivity index (χ0v) is 10.1. The molecule has 0 saturated carbocycles. The summed E-state index contributed by atoms with van der Waals surface area (Å²) in [5, 5.41) is 0. The molecule has 0 bridgehead atoms. The summed E-state index contributed by atoms with van der Waals surface area (Å²) >= 11 is 0. The first-order valence-electron chi connectivity index (χ1n) is 5.56. The van der Waals surface area contributed by atoms with Crippen molar-refractivity contribution in [2.45, 2.75) is 0 Å². The van der Waals surface area contributed by atoms with Gasteiger partial charge in [0.05, 0.1) is 12.7 Å². The number of ketones is 1. The normalized spacial score (nSPS) is 15.9. The van der Waals surface area contributed by atoms with Gasteiger partial charge in [0, 0.05) is 17.7 Å². The molecular formula is C16H13O2+. The van der Waals surface area contributed by atoms with Gasteiger partial charge in [-0.1, -0.05) is 30.0 Å². The third kappa shape index (κ3) is 2.99. The highest BCUT2D eigenvalue weighted by molar-refractivity contribution is 6.08. The molecule has 0 atom stereocenters. The van der Waals surface area contributed by atoms with Crippen molar-refractivity contribution in [2.24, 2.45) is 0 Å². The van der Waals surface area contributed by atoms with E-state index < -0.39 is 0 Å².